The molecule has 0 saturated carbocycles. The van der Waals surface area contributed by atoms with E-state index in [4.69, 9.17) is 0 Å². The molecular weight excluding hydrogens is 228 g/mol. The topological polar surface area (TPSA) is 51.0 Å². The first kappa shape index (κ1) is 11.7. The average Bonchev–Trinajstić information content (AvgIpc) is 2.83. The maximum absolute atomic E-state index is 13.2. The van der Waals surface area contributed by atoms with Gasteiger partial charge in [-0.3, -0.25) is 0 Å². The van der Waals surface area contributed by atoms with Crippen LogP contribution in [0, 0.1) is 11.6 Å². The summed E-state index contributed by atoms with van der Waals surface area (Å²) in [5.74, 6) is -1.06. The minimum Gasteiger partial charge on any atom is -0.343 e. The van der Waals surface area contributed by atoms with Crippen molar-refractivity contribution in [3.63, 3.8) is 0 Å². The van der Waals surface area contributed by atoms with Crippen LogP contribution in [0.5, 0.6) is 0 Å². The Morgan fingerprint density at radius 2 is 2.18 bits per heavy atom. The number of hydrogen-bond acceptors (Lipinski definition) is 4. The third-order valence-electron chi connectivity index (χ3n) is 2.28. The minimum atomic E-state index is -0.831. The number of aromatic nitrogens is 2. The first-order valence-electron chi connectivity index (χ1n) is 5.16. The molecule has 0 aliphatic heterocycles. The molecule has 2 aromatic rings. The van der Waals surface area contributed by atoms with Gasteiger partial charge in [0.15, 0.2) is 17.5 Å². The van der Waals surface area contributed by atoms with Crippen LogP contribution in [0.25, 0.3) is 0 Å². The molecule has 1 heterocycles. The molecule has 1 aromatic heterocycles. The Labute approximate surface area is 96.6 Å². The zero-order chi connectivity index (χ0) is 12.1. The maximum Gasteiger partial charge on any atom is 0.213 e. The van der Waals surface area contributed by atoms with Gasteiger partial charge in [0.25, 0.3) is 0 Å². The largest absolute Gasteiger partial charge is 0.343 e. The first-order chi connectivity index (χ1) is 8.27. The van der Waals surface area contributed by atoms with Crippen LogP contribution in [0.15, 0.2) is 29.1 Å². The van der Waals surface area contributed by atoms with E-state index in [0.717, 1.165) is 6.07 Å². The Hall–Kier alpha value is -1.82. The van der Waals surface area contributed by atoms with E-state index in [9.17, 15) is 8.78 Å². The maximum atomic E-state index is 13.2. The van der Waals surface area contributed by atoms with E-state index < -0.39 is 11.6 Å². The van der Waals surface area contributed by atoms with Crippen molar-refractivity contribution in [3.05, 3.63) is 47.6 Å². The van der Waals surface area contributed by atoms with E-state index >= 15 is 0 Å². The predicted molar refractivity (Wildman–Crippen MR) is 56.1 cm³/mol. The minimum absolute atomic E-state index is 0.265. The summed E-state index contributed by atoms with van der Waals surface area (Å²) in [7, 11) is 0. The molecule has 2 rings (SSSR count). The first-order valence-corrected chi connectivity index (χ1v) is 5.16. The number of hydrogen-bond donors (Lipinski definition) is 1. The van der Waals surface area contributed by atoms with Gasteiger partial charge in [-0.2, -0.15) is 4.98 Å². The molecular formula is C11H11F2N3O. The number of nitrogens with zero attached hydrogens (tertiary/aromatic N) is 2. The van der Waals surface area contributed by atoms with Crippen molar-refractivity contribution in [2.75, 3.05) is 6.54 Å². The number of halogens is 2. The van der Waals surface area contributed by atoms with Gasteiger partial charge in [-0.1, -0.05) is 17.3 Å². The van der Waals surface area contributed by atoms with E-state index in [2.05, 4.69) is 20.0 Å². The molecule has 17 heavy (non-hydrogen) atoms. The molecule has 0 bridgehead atoms. The fourth-order valence-electron chi connectivity index (χ4n) is 1.41. The fraction of sp³-hybridized carbons (Fsp3) is 0.273. The molecule has 90 valence electrons. The van der Waals surface area contributed by atoms with Crippen molar-refractivity contribution in [2.45, 2.75) is 13.0 Å². The molecule has 0 unspecified atom stereocenters. The van der Waals surface area contributed by atoms with Crippen molar-refractivity contribution >= 4 is 0 Å². The lowest BCUT2D eigenvalue weighted by molar-refractivity contribution is 0.409. The standard InChI is InChI=1S/C11H11F2N3O/c12-9-3-1-2-8(11(9)13)6-14-5-4-10-15-7-17-16-10/h1-3,7,14H,4-6H2. The van der Waals surface area contributed by atoms with Crippen LogP contribution in [0.3, 0.4) is 0 Å². The lowest BCUT2D eigenvalue weighted by atomic mass is 10.2. The van der Waals surface area contributed by atoms with Crippen molar-refractivity contribution < 1.29 is 13.3 Å². The van der Waals surface area contributed by atoms with Gasteiger partial charge in [0, 0.05) is 25.1 Å². The highest BCUT2D eigenvalue weighted by molar-refractivity contribution is 5.18. The highest BCUT2D eigenvalue weighted by atomic mass is 19.2. The molecule has 6 heteroatoms. The van der Waals surface area contributed by atoms with E-state index in [1.165, 1.54) is 12.5 Å². The highest BCUT2D eigenvalue weighted by Crippen LogP contribution is 2.10. The van der Waals surface area contributed by atoms with Crippen LogP contribution in [-0.4, -0.2) is 16.7 Å². The van der Waals surface area contributed by atoms with Gasteiger partial charge in [-0.25, -0.2) is 8.78 Å². The van der Waals surface area contributed by atoms with Crippen LogP contribution in [0.2, 0.25) is 0 Å². The van der Waals surface area contributed by atoms with E-state index in [0.29, 0.717) is 24.4 Å². The number of nitrogens with one attached hydrogen (secondary N) is 1. The van der Waals surface area contributed by atoms with Crippen LogP contribution in [0.4, 0.5) is 8.78 Å². The summed E-state index contributed by atoms with van der Waals surface area (Å²) in [6, 6.07) is 4.12. The Morgan fingerprint density at radius 1 is 1.29 bits per heavy atom. The lowest BCUT2D eigenvalue weighted by Crippen LogP contribution is -2.18. The summed E-state index contributed by atoms with van der Waals surface area (Å²) in [6.07, 6.45) is 1.83. The molecule has 4 nitrogen and oxygen atoms in total. The van der Waals surface area contributed by atoms with Gasteiger partial charge in [0.2, 0.25) is 6.39 Å². The second-order valence-corrected chi connectivity index (χ2v) is 3.49. The Morgan fingerprint density at radius 3 is 2.94 bits per heavy atom. The Bertz CT molecular complexity index is 474. The van der Waals surface area contributed by atoms with Crippen LogP contribution in [-0.2, 0) is 13.0 Å². The molecule has 0 atom stereocenters. The Balaban J connectivity index is 1.80. The highest BCUT2D eigenvalue weighted by Gasteiger charge is 2.06. The summed E-state index contributed by atoms with van der Waals surface area (Å²) >= 11 is 0. The third kappa shape index (κ3) is 3.07. The predicted octanol–water partition coefficient (Wildman–Crippen LogP) is 1.68. The normalized spacial score (nSPS) is 10.7. The lowest BCUT2D eigenvalue weighted by Gasteiger charge is -2.05. The smallest absolute Gasteiger partial charge is 0.213 e. The summed E-state index contributed by atoms with van der Waals surface area (Å²) < 4.78 is 30.7. The van der Waals surface area contributed by atoms with Crippen LogP contribution < -0.4 is 5.32 Å². The van der Waals surface area contributed by atoms with Gasteiger partial charge < -0.3 is 9.84 Å². The van der Waals surface area contributed by atoms with Gasteiger partial charge >= 0.3 is 0 Å². The average molecular weight is 239 g/mol. The Kier molecular flexibility index (Phi) is 3.77. The van der Waals surface area contributed by atoms with E-state index in [1.54, 1.807) is 6.07 Å². The van der Waals surface area contributed by atoms with Crippen LogP contribution in [0.1, 0.15) is 11.4 Å². The molecule has 0 aliphatic rings. The fourth-order valence-corrected chi connectivity index (χ4v) is 1.41. The molecule has 0 spiro atoms. The van der Waals surface area contributed by atoms with Gasteiger partial charge in [0.1, 0.15) is 0 Å². The third-order valence-corrected chi connectivity index (χ3v) is 2.28. The number of rotatable bonds is 5. The molecule has 1 N–H and O–H groups in total. The summed E-state index contributed by atoms with van der Waals surface area (Å²) in [5, 5.41) is 6.61. The van der Waals surface area contributed by atoms with Gasteiger partial charge in [0.05, 0.1) is 0 Å². The molecule has 1 aromatic carbocycles. The van der Waals surface area contributed by atoms with Gasteiger partial charge in [-0.15, -0.1) is 0 Å². The molecule has 0 aliphatic carbocycles. The van der Waals surface area contributed by atoms with E-state index in [1.807, 2.05) is 0 Å². The zero-order valence-corrected chi connectivity index (χ0v) is 8.99. The molecule has 0 amide bonds. The molecule has 0 radical (unpaired) electrons. The van der Waals surface area contributed by atoms with Crippen LogP contribution >= 0.6 is 0 Å². The van der Waals surface area contributed by atoms with E-state index in [-0.39, 0.29) is 6.54 Å². The second-order valence-electron chi connectivity index (χ2n) is 3.49. The summed E-state index contributed by atoms with van der Waals surface area (Å²) in [4.78, 5) is 3.84. The van der Waals surface area contributed by atoms with Crippen molar-refractivity contribution in [1.29, 1.82) is 0 Å². The van der Waals surface area contributed by atoms with Crippen molar-refractivity contribution in [3.8, 4) is 0 Å². The molecule has 0 fully saturated rings. The second kappa shape index (κ2) is 5.49. The van der Waals surface area contributed by atoms with Crippen molar-refractivity contribution in [1.82, 2.24) is 15.5 Å². The summed E-state index contributed by atoms with van der Waals surface area (Å²) in [6.45, 7) is 0.830. The zero-order valence-electron chi connectivity index (χ0n) is 8.99. The quantitative estimate of drug-likeness (QED) is 0.806. The molecule has 0 saturated heterocycles. The summed E-state index contributed by atoms with van der Waals surface area (Å²) in [5.41, 5.74) is 0.304. The number of benzene rings is 1. The van der Waals surface area contributed by atoms with Gasteiger partial charge in [-0.05, 0) is 6.07 Å². The van der Waals surface area contributed by atoms with Crippen molar-refractivity contribution in [2.24, 2.45) is 0 Å². The SMILES string of the molecule is Fc1cccc(CNCCc2ncon2)c1F. The monoisotopic (exact) mass is 239 g/mol.